The molecule has 0 aromatic rings. The molecule has 11 heteroatoms. The molecule has 12 atom stereocenters. The summed E-state index contributed by atoms with van der Waals surface area (Å²) in [7, 11) is 0. The Morgan fingerprint density at radius 3 is 1.69 bits per heavy atom. The molecule has 29 heavy (non-hydrogen) atoms. The molecule has 0 amide bonds. The summed E-state index contributed by atoms with van der Waals surface area (Å²) < 4.78 is 22.6. The third kappa shape index (κ3) is 4.91. The van der Waals surface area contributed by atoms with E-state index in [9.17, 15) is 35.7 Å². The zero-order valence-electron chi connectivity index (χ0n) is 16.2. The van der Waals surface area contributed by atoms with E-state index in [1.165, 1.54) is 0 Å². The molecular formula is C18H32O11. The lowest BCUT2D eigenvalue weighted by atomic mass is 9.93. The first-order valence-corrected chi connectivity index (χ1v) is 10.1. The maximum atomic E-state index is 10.2. The standard InChI is InChI=1S/C18H32O11/c1-7-11(20)13(22)15(24)17(26-7)27-8-4-2-3-5-9(8)28-18-16(25)14(23)12(21)10(6-19)29-18/h7-25H,2-6H2,1H3/t7-,8+,9+,10+,11+,12-,13+,14-,15-,16+,17-,18+/m0/s1. The molecule has 3 rings (SSSR count). The van der Waals surface area contributed by atoms with Gasteiger partial charge in [0.1, 0.15) is 42.7 Å². The van der Waals surface area contributed by atoms with E-state index in [1.54, 1.807) is 6.92 Å². The number of hydrogen-bond acceptors (Lipinski definition) is 11. The van der Waals surface area contributed by atoms with Gasteiger partial charge in [-0.05, 0) is 19.8 Å². The Hall–Kier alpha value is -0.440. The van der Waals surface area contributed by atoms with Crippen LogP contribution in [0.2, 0.25) is 0 Å². The summed E-state index contributed by atoms with van der Waals surface area (Å²) >= 11 is 0. The van der Waals surface area contributed by atoms with Crippen LogP contribution < -0.4 is 0 Å². The van der Waals surface area contributed by atoms with Crippen molar-refractivity contribution in [3.8, 4) is 0 Å². The third-order valence-electron chi connectivity index (χ3n) is 5.92. The highest BCUT2D eigenvalue weighted by atomic mass is 16.7. The molecule has 0 bridgehead atoms. The van der Waals surface area contributed by atoms with Crippen LogP contribution in [-0.4, -0.2) is 116 Å². The van der Waals surface area contributed by atoms with Crippen molar-refractivity contribution in [1.82, 2.24) is 0 Å². The third-order valence-corrected chi connectivity index (χ3v) is 5.92. The fourth-order valence-corrected chi connectivity index (χ4v) is 4.02. The van der Waals surface area contributed by atoms with Gasteiger partial charge in [-0.1, -0.05) is 12.8 Å². The molecule has 1 aliphatic carbocycles. The lowest BCUT2D eigenvalue weighted by Crippen LogP contribution is -2.61. The van der Waals surface area contributed by atoms with Gasteiger partial charge in [0.05, 0.1) is 24.9 Å². The summed E-state index contributed by atoms with van der Waals surface area (Å²) in [4.78, 5) is 0. The summed E-state index contributed by atoms with van der Waals surface area (Å²) in [6, 6.07) is 0. The molecule has 3 fully saturated rings. The molecule has 2 heterocycles. The minimum absolute atomic E-state index is 0.545. The molecule has 0 unspecified atom stereocenters. The van der Waals surface area contributed by atoms with Crippen LogP contribution in [0.25, 0.3) is 0 Å². The Kier molecular flexibility index (Phi) is 7.84. The summed E-state index contributed by atoms with van der Waals surface area (Å²) in [6.45, 7) is 0.995. The van der Waals surface area contributed by atoms with Gasteiger partial charge in [-0.25, -0.2) is 0 Å². The molecule has 1 saturated carbocycles. The van der Waals surface area contributed by atoms with Crippen molar-refractivity contribution in [3.05, 3.63) is 0 Å². The fraction of sp³-hybridized carbons (Fsp3) is 1.00. The summed E-state index contributed by atoms with van der Waals surface area (Å²) in [5, 5.41) is 69.3. The predicted octanol–water partition coefficient (Wildman–Crippen LogP) is -3.04. The van der Waals surface area contributed by atoms with Crippen LogP contribution in [0.3, 0.4) is 0 Å². The van der Waals surface area contributed by atoms with Crippen LogP contribution in [0.5, 0.6) is 0 Å². The van der Waals surface area contributed by atoms with E-state index in [2.05, 4.69) is 0 Å². The van der Waals surface area contributed by atoms with Crippen molar-refractivity contribution in [2.45, 2.75) is 106 Å². The molecule has 11 nitrogen and oxygen atoms in total. The van der Waals surface area contributed by atoms with Crippen molar-refractivity contribution in [2.75, 3.05) is 6.61 Å². The number of hydrogen-bond donors (Lipinski definition) is 7. The number of rotatable bonds is 5. The second-order valence-corrected chi connectivity index (χ2v) is 8.01. The zero-order valence-corrected chi connectivity index (χ0v) is 16.2. The van der Waals surface area contributed by atoms with Gasteiger partial charge in [0, 0.05) is 0 Å². The average molecular weight is 424 g/mol. The normalized spacial score (nSPS) is 51.7. The lowest BCUT2D eigenvalue weighted by Gasteiger charge is -2.44. The monoisotopic (exact) mass is 424 g/mol. The molecule has 3 aliphatic rings. The van der Waals surface area contributed by atoms with Crippen molar-refractivity contribution in [1.29, 1.82) is 0 Å². The van der Waals surface area contributed by atoms with Crippen LogP contribution in [-0.2, 0) is 18.9 Å². The first-order chi connectivity index (χ1) is 13.7. The van der Waals surface area contributed by atoms with E-state index in [-0.39, 0.29) is 0 Å². The van der Waals surface area contributed by atoms with Gasteiger partial charge in [0.2, 0.25) is 0 Å². The Balaban J connectivity index is 1.65. The van der Waals surface area contributed by atoms with Gasteiger partial charge >= 0.3 is 0 Å². The molecule has 0 spiro atoms. The van der Waals surface area contributed by atoms with Gasteiger partial charge in [-0.3, -0.25) is 0 Å². The lowest BCUT2D eigenvalue weighted by molar-refractivity contribution is -0.340. The quantitative estimate of drug-likeness (QED) is 0.238. The maximum absolute atomic E-state index is 10.2. The van der Waals surface area contributed by atoms with Gasteiger partial charge in [-0.15, -0.1) is 0 Å². The number of aliphatic hydroxyl groups is 7. The zero-order chi connectivity index (χ0) is 21.3. The molecular weight excluding hydrogens is 392 g/mol. The second kappa shape index (κ2) is 9.79. The highest BCUT2D eigenvalue weighted by Crippen LogP contribution is 2.32. The van der Waals surface area contributed by atoms with Crippen LogP contribution in [0.4, 0.5) is 0 Å². The van der Waals surface area contributed by atoms with Crippen molar-refractivity contribution >= 4 is 0 Å². The highest BCUT2D eigenvalue weighted by Gasteiger charge is 2.47. The van der Waals surface area contributed by atoms with Crippen molar-refractivity contribution in [3.63, 3.8) is 0 Å². The topological polar surface area (TPSA) is 179 Å². The first kappa shape index (κ1) is 23.2. The predicted molar refractivity (Wildman–Crippen MR) is 94.3 cm³/mol. The number of ether oxygens (including phenoxy) is 4. The number of aliphatic hydroxyl groups excluding tert-OH is 7. The van der Waals surface area contributed by atoms with E-state index < -0.39 is 80.2 Å². The van der Waals surface area contributed by atoms with E-state index >= 15 is 0 Å². The summed E-state index contributed by atoms with van der Waals surface area (Å²) in [6.07, 6.45) is -11.4. The van der Waals surface area contributed by atoms with E-state index in [1.807, 2.05) is 0 Å². The average Bonchev–Trinajstić information content (AvgIpc) is 2.72. The fourth-order valence-electron chi connectivity index (χ4n) is 4.02. The Labute approximate surface area is 168 Å². The molecule has 0 radical (unpaired) electrons. The maximum Gasteiger partial charge on any atom is 0.187 e. The van der Waals surface area contributed by atoms with E-state index in [0.717, 1.165) is 12.8 Å². The van der Waals surface area contributed by atoms with Crippen LogP contribution in [0, 0.1) is 0 Å². The summed E-state index contributed by atoms with van der Waals surface area (Å²) in [5.41, 5.74) is 0. The van der Waals surface area contributed by atoms with Crippen LogP contribution in [0.1, 0.15) is 32.6 Å². The Morgan fingerprint density at radius 1 is 0.690 bits per heavy atom. The molecule has 2 aliphatic heterocycles. The van der Waals surface area contributed by atoms with Gasteiger partial charge in [0.15, 0.2) is 12.6 Å². The SMILES string of the molecule is C[C@@H]1O[C@@H](O[C@@H]2CCCC[C@H]2O[C@@H]2O[C@H](CO)[C@H](O)[C@H](O)[C@H]2O)[C@@H](O)[C@H](O)[C@@H]1O. The Morgan fingerprint density at radius 2 is 1.17 bits per heavy atom. The smallest absolute Gasteiger partial charge is 0.187 e. The summed E-state index contributed by atoms with van der Waals surface area (Å²) in [5.74, 6) is 0. The molecule has 2 saturated heterocycles. The van der Waals surface area contributed by atoms with Gasteiger partial charge in [0.25, 0.3) is 0 Å². The first-order valence-electron chi connectivity index (χ1n) is 10.1. The van der Waals surface area contributed by atoms with Crippen molar-refractivity contribution in [2.24, 2.45) is 0 Å². The van der Waals surface area contributed by atoms with Gasteiger partial charge in [-0.2, -0.15) is 0 Å². The van der Waals surface area contributed by atoms with Crippen molar-refractivity contribution < 1.29 is 54.7 Å². The van der Waals surface area contributed by atoms with Crippen LogP contribution >= 0.6 is 0 Å². The largest absolute Gasteiger partial charge is 0.394 e. The van der Waals surface area contributed by atoms with E-state index in [4.69, 9.17) is 18.9 Å². The highest BCUT2D eigenvalue weighted by molar-refractivity contribution is 4.91. The van der Waals surface area contributed by atoms with E-state index in [0.29, 0.717) is 12.8 Å². The molecule has 0 aromatic heterocycles. The minimum atomic E-state index is -1.55. The Bertz CT molecular complexity index is 520. The molecule has 0 aromatic carbocycles. The van der Waals surface area contributed by atoms with Crippen LogP contribution in [0.15, 0.2) is 0 Å². The minimum Gasteiger partial charge on any atom is -0.394 e. The molecule has 7 N–H and O–H groups in total. The second-order valence-electron chi connectivity index (χ2n) is 8.01. The molecule has 170 valence electrons. The van der Waals surface area contributed by atoms with Gasteiger partial charge < -0.3 is 54.7 Å².